The summed E-state index contributed by atoms with van der Waals surface area (Å²) in [6.45, 7) is 9.34. The van der Waals surface area contributed by atoms with Crippen LogP contribution in [0.15, 0.2) is 24.3 Å². The Morgan fingerprint density at radius 2 is 1.87 bits per heavy atom. The average Bonchev–Trinajstić information content (AvgIpc) is 2.42. The average molecular weight is 205 g/mol. The van der Waals surface area contributed by atoms with Crippen LogP contribution in [0, 0.1) is 6.92 Å². The van der Waals surface area contributed by atoms with Gasteiger partial charge in [-0.05, 0) is 33.3 Å². The van der Waals surface area contributed by atoms with Crippen molar-refractivity contribution in [3.8, 4) is 0 Å². The molecule has 1 aromatic carbocycles. The number of hydrogen-bond donors (Lipinski definition) is 1. The normalized spacial score (nSPS) is 29.3. The Bertz CT molecular complexity index is 373. The molecule has 0 aliphatic carbocycles. The summed E-state index contributed by atoms with van der Waals surface area (Å²) in [6, 6.07) is 8.37. The predicted octanol–water partition coefficient (Wildman–Crippen LogP) is 2.57. The molecule has 0 aromatic heterocycles. The van der Waals surface area contributed by atoms with E-state index < -0.39 is 0 Å². The van der Waals surface area contributed by atoms with Gasteiger partial charge in [-0.15, -0.1) is 0 Å². The van der Waals surface area contributed by atoms with Crippen LogP contribution in [0.4, 0.5) is 0 Å². The third-order valence-corrected chi connectivity index (χ3v) is 2.99. The summed E-state index contributed by atoms with van der Waals surface area (Å²) in [4.78, 5) is 0. The van der Waals surface area contributed by atoms with Crippen LogP contribution >= 0.6 is 0 Å². The summed E-state index contributed by atoms with van der Waals surface area (Å²) in [5.41, 5.74) is 2.08. The Morgan fingerprint density at radius 1 is 1.20 bits per heavy atom. The van der Waals surface area contributed by atoms with Gasteiger partial charge in [0.25, 0.3) is 0 Å². The first-order chi connectivity index (χ1) is 6.93. The highest BCUT2D eigenvalue weighted by Crippen LogP contribution is 2.34. The fourth-order valence-electron chi connectivity index (χ4n) is 2.26. The molecule has 1 atom stereocenters. The molecule has 0 amide bonds. The lowest BCUT2D eigenvalue weighted by Gasteiger charge is -2.28. The zero-order valence-corrected chi connectivity index (χ0v) is 9.92. The summed E-state index contributed by atoms with van der Waals surface area (Å²) >= 11 is 0. The molecule has 2 rings (SSSR count). The van der Waals surface area contributed by atoms with Gasteiger partial charge in [0.05, 0.1) is 5.60 Å². The molecule has 0 saturated carbocycles. The van der Waals surface area contributed by atoms with Crippen molar-refractivity contribution in [2.75, 3.05) is 6.54 Å². The van der Waals surface area contributed by atoms with Crippen LogP contribution in [0.5, 0.6) is 0 Å². The molecular weight excluding hydrogens is 186 g/mol. The minimum Gasteiger partial charge on any atom is -0.349 e. The Morgan fingerprint density at radius 3 is 2.40 bits per heavy atom. The minimum absolute atomic E-state index is 0.0863. The van der Waals surface area contributed by atoms with Gasteiger partial charge in [-0.1, -0.05) is 24.3 Å². The summed E-state index contributed by atoms with van der Waals surface area (Å²) < 4.78 is 6.09. The van der Waals surface area contributed by atoms with E-state index in [0.717, 1.165) is 6.54 Å². The maximum atomic E-state index is 6.09. The highest BCUT2D eigenvalue weighted by molar-refractivity contribution is 5.31. The maximum absolute atomic E-state index is 6.09. The van der Waals surface area contributed by atoms with Crippen molar-refractivity contribution in [3.05, 3.63) is 35.4 Å². The zero-order chi connectivity index (χ0) is 11.1. The van der Waals surface area contributed by atoms with Crippen LogP contribution in [0.3, 0.4) is 0 Å². The summed E-state index contributed by atoms with van der Waals surface area (Å²) in [5.74, 6) is 0. The van der Waals surface area contributed by atoms with Gasteiger partial charge in [-0.2, -0.15) is 0 Å². The van der Waals surface area contributed by atoms with E-state index in [0.29, 0.717) is 0 Å². The third kappa shape index (κ3) is 1.92. The van der Waals surface area contributed by atoms with Crippen molar-refractivity contribution in [1.82, 2.24) is 5.32 Å². The van der Waals surface area contributed by atoms with E-state index in [9.17, 15) is 0 Å². The lowest BCUT2D eigenvalue weighted by Crippen LogP contribution is -2.35. The molecule has 0 radical (unpaired) electrons. The second-order valence-electron chi connectivity index (χ2n) is 5.06. The fourth-order valence-corrected chi connectivity index (χ4v) is 2.26. The predicted molar refractivity (Wildman–Crippen MR) is 61.7 cm³/mol. The van der Waals surface area contributed by atoms with Crippen LogP contribution < -0.4 is 5.32 Å². The molecule has 1 aromatic rings. The molecule has 1 saturated heterocycles. The Balaban J connectivity index is 2.36. The molecule has 0 bridgehead atoms. The zero-order valence-electron chi connectivity index (χ0n) is 9.92. The standard InChI is InChI=1S/C13H19NO/c1-10-7-5-6-8-11(10)13(4)14-9-12(2,3)15-13/h5-8,14H,9H2,1-4H3. The van der Waals surface area contributed by atoms with E-state index in [1.54, 1.807) is 0 Å². The largest absolute Gasteiger partial charge is 0.349 e. The number of nitrogens with one attached hydrogen (secondary N) is 1. The first kappa shape index (κ1) is 10.7. The first-order valence-corrected chi connectivity index (χ1v) is 5.44. The first-order valence-electron chi connectivity index (χ1n) is 5.44. The van der Waals surface area contributed by atoms with Crippen molar-refractivity contribution in [1.29, 1.82) is 0 Å². The van der Waals surface area contributed by atoms with Gasteiger partial charge < -0.3 is 4.74 Å². The maximum Gasteiger partial charge on any atom is 0.143 e. The highest BCUT2D eigenvalue weighted by Gasteiger charge is 2.41. The molecule has 1 fully saturated rings. The lowest BCUT2D eigenvalue weighted by atomic mass is 10.00. The topological polar surface area (TPSA) is 21.3 Å². The lowest BCUT2D eigenvalue weighted by molar-refractivity contribution is -0.0842. The van der Waals surface area contributed by atoms with Crippen molar-refractivity contribution in [3.63, 3.8) is 0 Å². The van der Waals surface area contributed by atoms with Crippen molar-refractivity contribution in [2.45, 2.75) is 39.0 Å². The highest BCUT2D eigenvalue weighted by atomic mass is 16.5. The number of rotatable bonds is 1. The minimum atomic E-state index is -0.338. The molecule has 0 spiro atoms. The van der Waals surface area contributed by atoms with E-state index in [1.165, 1.54) is 11.1 Å². The second kappa shape index (κ2) is 3.32. The quantitative estimate of drug-likeness (QED) is 0.760. The Kier molecular flexibility index (Phi) is 2.36. The monoisotopic (exact) mass is 205 g/mol. The van der Waals surface area contributed by atoms with Crippen LogP contribution in [-0.4, -0.2) is 12.1 Å². The van der Waals surface area contributed by atoms with Gasteiger partial charge in [-0.3, -0.25) is 5.32 Å². The summed E-state index contributed by atoms with van der Waals surface area (Å²) in [5, 5.41) is 3.46. The summed E-state index contributed by atoms with van der Waals surface area (Å²) in [7, 11) is 0. The second-order valence-corrected chi connectivity index (χ2v) is 5.06. The number of aryl methyl sites for hydroxylation is 1. The molecule has 1 aliphatic rings. The van der Waals surface area contributed by atoms with Gasteiger partial charge in [0.2, 0.25) is 0 Å². The van der Waals surface area contributed by atoms with Crippen LogP contribution in [0.1, 0.15) is 31.9 Å². The van der Waals surface area contributed by atoms with Gasteiger partial charge >= 0.3 is 0 Å². The van der Waals surface area contributed by atoms with Crippen molar-refractivity contribution >= 4 is 0 Å². The number of ether oxygens (including phenoxy) is 1. The molecule has 1 heterocycles. The number of hydrogen-bond acceptors (Lipinski definition) is 2. The summed E-state index contributed by atoms with van der Waals surface area (Å²) in [6.07, 6.45) is 0. The fraction of sp³-hybridized carbons (Fsp3) is 0.538. The van der Waals surface area contributed by atoms with Crippen LogP contribution in [0.25, 0.3) is 0 Å². The van der Waals surface area contributed by atoms with Gasteiger partial charge in [0, 0.05) is 12.1 Å². The van der Waals surface area contributed by atoms with E-state index in [2.05, 4.69) is 57.3 Å². The van der Waals surface area contributed by atoms with E-state index >= 15 is 0 Å². The van der Waals surface area contributed by atoms with E-state index in [-0.39, 0.29) is 11.3 Å². The van der Waals surface area contributed by atoms with E-state index in [4.69, 9.17) is 4.74 Å². The van der Waals surface area contributed by atoms with E-state index in [1.807, 2.05) is 0 Å². The molecule has 82 valence electrons. The third-order valence-electron chi connectivity index (χ3n) is 2.99. The molecule has 15 heavy (non-hydrogen) atoms. The molecule has 2 heteroatoms. The van der Waals surface area contributed by atoms with Crippen molar-refractivity contribution < 1.29 is 4.74 Å². The van der Waals surface area contributed by atoms with Gasteiger partial charge in [0.15, 0.2) is 0 Å². The Labute approximate surface area is 91.6 Å². The smallest absolute Gasteiger partial charge is 0.143 e. The molecular formula is C13H19NO. The SMILES string of the molecule is Cc1ccccc1C1(C)NCC(C)(C)O1. The molecule has 2 nitrogen and oxygen atoms in total. The van der Waals surface area contributed by atoms with Crippen molar-refractivity contribution in [2.24, 2.45) is 0 Å². The van der Waals surface area contributed by atoms with Gasteiger partial charge in [-0.25, -0.2) is 0 Å². The number of benzene rings is 1. The Hall–Kier alpha value is -0.860. The van der Waals surface area contributed by atoms with Crippen LogP contribution in [0.2, 0.25) is 0 Å². The van der Waals surface area contributed by atoms with Crippen LogP contribution in [-0.2, 0) is 10.5 Å². The molecule has 1 unspecified atom stereocenters. The molecule has 1 aliphatic heterocycles. The molecule has 1 N–H and O–H groups in total. The van der Waals surface area contributed by atoms with Gasteiger partial charge in [0.1, 0.15) is 5.72 Å².